The Morgan fingerprint density at radius 3 is 2.19 bits per heavy atom. The summed E-state index contributed by atoms with van der Waals surface area (Å²) in [5.41, 5.74) is 2.36. The van der Waals surface area contributed by atoms with Crippen LogP contribution in [0, 0.1) is 5.41 Å². The number of morpholine rings is 1. The molecule has 2 aromatic carbocycles. The fraction of sp³-hybridized carbons (Fsp3) is 0.455. The molecule has 0 amide bonds. The van der Waals surface area contributed by atoms with Gasteiger partial charge in [0.25, 0.3) is 0 Å². The molecule has 1 heterocycles. The van der Waals surface area contributed by atoms with Gasteiger partial charge in [0.15, 0.2) is 9.84 Å². The van der Waals surface area contributed by atoms with Gasteiger partial charge in [-0.2, -0.15) is 0 Å². The van der Waals surface area contributed by atoms with Crippen LogP contribution in [0.25, 0.3) is 0 Å². The highest BCUT2D eigenvalue weighted by Crippen LogP contribution is 2.34. The average Bonchev–Trinajstić information content (AvgIpc) is 2.61. The first kappa shape index (κ1) is 20.1. The Morgan fingerprint density at radius 1 is 1.00 bits per heavy atom. The molecule has 0 bridgehead atoms. The van der Waals surface area contributed by atoms with Crippen molar-refractivity contribution in [2.75, 3.05) is 19.3 Å². The second-order valence-electron chi connectivity index (χ2n) is 8.50. The molecule has 2 aromatic rings. The first-order valence-electron chi connectivity index (χ1n) is 9.35. The van der Waals surface area contributed by atoms with Crippen LogP contribution in [0.3, 0.4) is 0 Å². The predicted octanol–water partition coefficient (Wildman–Crippen LogP) is 4.08. The van der Waals surface area contributed by atoms with Crippen molar-refractivity contribution in [3.63, 3.8) is 0 Å². The first-order valence-corrected chi connectivity index (χ1v) is 11.2. The summed E-state index contributed by atoms with van der Waals surface area (Å²) in [5.74, 6) is 0. The van der Waals surface area contributed by atoms with Crippen molar-refractivity contribution in [3.05, 3.63) is 65.7 Å². The highest BCUT2D eigenvalue weighted by atomic mass is 32.2. The van der Waals surface area contributed by atoms with Gasteiger partial charge in [-0.3, -0.25) is 4.90 Å². The average molecular weight is 388 g/mol. The Hall–Kier alpha value is -1.69. The lowest BCUT2D eigenvalue weighted by molar-refractivity contribution is -0.130. The second-order valence-corrected chi connectivity index (χ2v) is 10.5. The zero-order valence-electron chi connectivity index (χ0n) is 16.6. The summed E-state index contributed by atoms with van der Waals surface area (Å²) in [6.45, 7) is 9.10. The van der Waals surface area contributed by atoms with Crippen LogP contribution in [-0.4, -0.2) is 38.8 Å². The van der Waals surface area contributed by atoms with E-state index in [0.717, 1.165) is 25.2 Å². The van der Waals surface area contributed by atoms with Crippen LogP contribution in [0.1, 0.15) is 38.0 Å². The fourth-order valence-electron chi connectivity index (χ4n) is 3.39. The van der Waals surface area contributed by atoms with E-state index in [-0.39, 0.29) is 17.6 Å². The van der Waals surface area contributed by atoms with Crippen LogP contribution in [-0.2, 0) is 21.1 Å². The number of rotatable bonds is 4. The lowest BCUT2D eigenvalue weighted by atomic mass is 9.87. The summed E-state index contributed by atoms with van der Waals surface area (Å²) >= 11 is 0. The molecule has 3 rings (SSSR count). The topological polar surface area (TPSA) is 46.6 Å². The third-order valence-electron chi connectivity index (χ3n) is 5.07. The predicted molar refractivity (Wildman–Crippen MR) is 108 cm³/mol. The molecule has 0 saturated carbocycles. The van der Waals surface area contributed by atoms with E-state index in [4.69, 9.17) is 4.74 Å². The molecule has 1 fully saturated rings. The normalized spacial score (nSPS) is 21.9. The number of hydrogen-bond acceptors (Lipinski definition) is 4. The van der Waals surface area contributed by atoms with Gasteiger partial charge < -0.3 is 4.74 Å². The molecule has 5 heteroatoms. The van der Waals surface area contributed by atoms with Crippen molar-refractivity contribution in [1.29, 1.82) is 0 Å². The van der Waals surface area contributed by atoms with E-state index in [1.807, 2.05) is 30.3 Å². The largest absolute Gasteiger partial charge is 0.367 e. The van der Waals surface area contributed by atoms with Crippen molar-refractivity contribution < 1.29 is 13.2 Å². The van der Waals surface area contributed by atoms with Crippen molar-refractivity contribution >= 4 is 9.84 Å². The van der Waals surface area contributed by atoms with Gasteiger partial charge in [0.2, 0.25) is 0 Å². The maximum atomic E-state index is 11.7. The Morgan fingerprint density at radius 2 is 1.63 bits per heavy atom. The van der Waals surface area contributed by atoms with E-state index in [0.29, 0.717) is 4.90 Å². The third-order valence-corrected chi connectivity index (χ3v) is 6.20. The van der Waals surface area contributed by atoms with Gasteiger partial charge >= 0.3 is 0 Å². The van der Waals surface area contributed by atoms with Crippen LogP contribution in [0.15, 0.2) is 59.5 Å². The maximum absolute atomic E-state index is 11.7. The van der Waals surface area contributed by atoms with Gasteiger partial charge in [-0.05, 0) is 28.7 Å². The zero-order chi connectivity index (χ0) is 19.7. The second kappa shape index (κ2) is 7.74. The molecule has 0 N–H and O–H groups in total. The molecular weight excluding hydrogens is 358 g/mol. The summed E-state index contributed by atoms with van der Waals surface area (Å²) in [5, 5.41) is 0. The molecule has 0 unspecified atom stereocenters. The third kappa shape index (κ3) is 5.18. The smallest absolute Gasteiger partial charge is 0.175 e. The summed E-state index contributed by atoms with van der Waals surface area (Å²) < 4.78 is 29.8. The molecule has 0 aliphatic carbocycles. The number of benzene rings is 2. The van der Waals surface area contributed by atoms with Gasteiger partial charge in [0, 0.05) is 25.9 Å². The molecule has 0 aromatic heterocycles. The van der Waals surface area contributed by atoms with E-state index < -0.39 is 9.84 Å². The Labute approximate surface area is 163 Å². The summed E-state index contributed by atoms with van der Waals surface area (Å²) in [6, 6.07) is 17.6. The molecule has 1 aliphatic heterocycles. The SMILES string of the molecule is CC(C)(C)[C@H]1CN(Cc2ccc(S(C)(=O)=O)cc2)C[C@@H](c2ccccc2)O1. The molecule has 4 nitrogen and oxygen atoms in total. The number of hydrogen-bond donors (Lipinski definition) is 0. The summed E-state index contributed by atoms with van der Waals surface area (Å²) in [7, 11) is -3.16. The monoisotopic (exact) mass is 387 g/mol. The Bertz CT molecular complexity index is 855. The van der Waals surface area contributed by atoms with Gasteiger partial charge in [-0.1, -0.05) is 63.2 Å². The minimum atomic E-state index is -3.16. The van der Waals surface area contributed by atoms with Crippen molar-refractivity contribution in [1.82, 2.24) is 4.90 Å². The van der Waals surface area contributed by atoms with Crippen molar-refractivity contribution in [3.8, 4) is 0 Å². The molecule has 0 radical (unpaired) electrons. The van der Waals surface area contributed by atoms with Crippen LogP contribution < -0.4 is 0 Å². The van der Waals surface area contributed by atoms with Crippen LogP contribution in [0.2, 0.25) is 0 Å². The van der Waals surface area contributed by atoms with Crippen molar-refractivity contribution in [2.24, 2.45) is 5.41 Å². The minimum Gasteiger partial charge on any atom is -0.367 e. The molecule has 1 aliphatic rings. The first-order chi connectivity index (χ1) is 12.6. The number of sulfone groups is 1. The standard InChI is InChI=1S/C22H29NO3S/c1-22(2,3)21-16-23(15-20(26-21)18-8-6-5-7-9-18)14-17-10-12-19(13-11-17)27(4,24)25/h5-13,20-21H,14-16H2,1-4H3/t20-,21+/m0/s1. The number of nitrogens with zero attached hydrogens (tertiary/aromatic N) is 1. The van der Waals surface area contributed by atoms with E-state index in [2.05, 4.69) is 37.8 Å². The highest BCUT2D eigenvalue weighted by molar-refractivity contribution is 7.90. The lowest BCUT2D eigenvalue weighted by Crippen LogP contribution is -2.48. The van der Waals surface area contributed by atoms with E-state index in [1.165, 1.54) is 11.8 Å². The Balaban J connectivity index is 1.79. The zero-order valence-corrected chi connectivity index (χ0v) is 17.4. The lowest BCUT2D eigenvalue weighted by Gasteiger charge is -2.43. The Kier molecular flexibility index (Phi) is 5.75. The number of ether oxygens (including phenoxy) is 1. The fourth-order valence-corrected chi connectivity index (χ4v) is 4.02. The van der Waals surface area contributed by atoms with E-state index in [1.54, 1.807) is 12.1 Å². The molecule has 2 atom stereocenters. The maximum Gasteiger partial charge on any atom is 0.175 e. The highest BCUT2D eigenvalue weighted by Gasteiger charge is 2.35. The van der Waals surface area contributed by atoms with E-state index >= 15 is 0 Å². The van der Waals surface area contributed by atoms with Gasteiger partial charge in [0.1, 0.15) is 0 Å². The minimum absolute atomic E-state index is 0.0412. The molecule has 0 spiro atoms. The quantitative estimate of drug-likeness (QED) is 0.793. The summed E-state index contributed by atoms with van der Waals surface area (Å²) in [4.78, 5) is 2.77. The van der Waals surface area contributed by atoms with Gasteiger partial charge in [-0.15, -0.1) is 0 Å². The molecule has 27 heavy (non-hydrogen) atoms. The van der Waals surface area contributed by atoms with Gasteiger partial charge in [-0.25, -0.2) is 8.42 Å². The van der Waals surface area contributed by atoms with Crippen molar-refractivity contribution in [2.45, 2.75) is 44.4 Å². The summed E-state index contributed by atoms with van der Waals surface area (Å²) in [6.07, 6.45) is 1.41. The van der Waals surface area contributed by atoms with Crippen LogP contribution >= 0.6 is 0 Å². The van der Waals surface area contributed by atoms with E-state index in [9.17, 15) is 8.42 Å². The van der Waals surface area contributed by atoms with Gasteiger partial charge in [0.05, 0.1) is 17.1 Å². The molecule has 146 valence electrons. The van der Waals surface area contributed by atoms with Crippen LogP contribution in [0.4, 0.5) is 0 Å². The molecular formula is C22H29NO3S. The van der Waals surface area contributed by atoms with Crippen LogP contribution in [0.5, 0.6) is 0 Å². The molecule has 1 saturated heterocycles.